The minimum absolute atomic E-state index is 0.223. The Morgan fingerprint density at radius 1 is 1.20 bits per heavy atom. The maximum absolute atomic E-state index is 13.5. The summed E-state index contributed by atoms with van der Waals surface area (Å²) in [5, 5.41) is 2.74. The first-order valence-corrected chi connectivity index (χ1v) is 7.73. The van der Waals surface area contributed by atoms with Gasteiger partial charge < -0.3 is 10.1 Å². The topological polar surface area (TPSA) is 56.1 Å². The molecule has 2 aromatic carbocycles. The predicted molar refractivity (Wildman–Crippen MR) is 89.9 cm³/mol. The number of carbonyl (C=O) groups excluding carboxylic acids is 1. The molecule has 0 fully saturated rings. The van der Waals surface area contributed by atoms with Crippen molar-refractivity contribution in [1.82, 2.24) is 14.9 Å². The molecule has 1 heterocycles. The van der Waals surface area contributed by atoms with Crippen LogP contribution in [-0.4, -0.2) is 35.7 Å². The normalized spacial score (nSPS) is 11.0. The van der Waals surface area contributed by atoms with E-state index in [1.54, 1.807) is 36.8 Å². The van der Waals surface area contributed by atoms with Crippen molar-refractivity contribution in [1.29, 1.82) is 0 Å². The van der Waals surface area contributed by atoms with E-state index in [1.807, 2.05) is 0 Å². The molecule has 1 N–H and O–H groups in total. The van der Waals surface area contributed by atoms with Crippen molar-refractivity contribution < 1.29 is 18.3 Å². The number of imidazole rings is 1. The first-order valence-electron chi connectivity index (χ1n) is 7.73. The number of hydrogen-bond acceptors (Lipinski definition) is 3. The van der Waals surface area contributed by atoms with Crippen LogP contribution in [0.25, 0.3) is 16.7 Å². The van der Waals surface area contributed by atoms with Crippen molar-refractivity contribution in [3.8, 4) is 5.69 Å². The monoisotopic (exact) mass is 345 g/mol. The van der Waals surface area contributed by atoms with Gasteiger partial charge in [-0.2, -0.15) is 0 Å². The number of carbonyl (C=O) groups is 1. The highest BCUT2D eigenvalue weighted by atomic mass is 19.2. The molecule has 3 aromatic rings. The van der Waals surface area contributed by atoms with Crippen LogP contribution in [0.4, 0.5) is 8.78 Å². The minimum atomic E-state index is -0.923. The summed E-state index contributed by atoms with van der Waals surface area (Å²) < 4.78 is 33.3. The largest absolute Gasteiger partial charge is 0.383 e. The molecule has 0 unspecified atom stereocenters. The molecule has 1 amide bonds. The molecule has 0 atom stereocenters. The smallest absolute Gasteiger partial charge is 0.251 e. The Morgan fingerprint density at radius 3 is 2.72 bits per heavy atom. The molecular formula is C18H17F2N3O2. The SMILES string of the molecule is COCCNC(=O)c1ccc2c(c1)nc(C)n2-c1ccc(F)c(F)c1. The lowest BCUT2D eigenvalue weighted by atomic mass is 10.2. The van der Waals surface area contributed by atoms with Crippen molar-refractivity contribution in [3.05, 3.63) is 59.4 Å². The van der Waals surface area contributed by atoms with Crippen molar-refractivity contribution in [3.63, 3.8) is 0 Å². The summed E-state index contributed by atoms with van der Waals surface area (Å²) in [4.78, 5) is 16.5. The second kappa shape index (κ2) is 6.98. The molecule has 0 radical (unpaired) electrons. The van der Waals surface area contributed by atoms with Gasteiger partial charge in [0.15, 0.2) is 11.6 Å². The van der Waals surface area contributed by atoms with Gasteiger partial charge >= 0.3 is 0 Å². The van der Waals surface area contributed by atoms with Crippen LogP contribution in [0.1, 0.15) is 16.2 Å². The second-order valence-corrected chi connectivity index (χ2v) is 5.55. The first kappa shape index (κ1) is 17.0. The third-order valence-electron chi connectivity index (χ3n) is 3.84. The number of aromatic nitrogens is 2. The van der Waals surface area contributed by atoms with E-state index in [0.717, 1.165) is 12.1 Å². The summed E-state index contributed by atoms with van der Waals surface area (Å²) >= 11 is 0. The van der Waals surface area contributed by atoms with Crippen LogP contribution in [0.15, 0.2) is 36.4 Å². The Balaban J connectivity index is 1.98. The number of nitrogens with one attached hydrogen (secondary N) is 1. The number of methoxy groups -OCH3 is 1. The summed E-state index contributed by atoms with van der Waals surface area (Å²) in [6, 6.07) is 8.75. The summed E-state index contributed by atoms with van der Waals surface area (Å²) in [7, 11) is 1.56. The van der Waals surface area contributed by atoms with E-state index >= 15 is 0 Å². The zero-order chi connectivity index (χ0) is 18.0. The molecule has 0 aliphatic heterocycles. The number of halogens is 2. The third-order valence-corrected chi connectivity index (χ3v) is 3.84. The molecule has 0 saturated carbocycles. The van der Waals surface area contributed by atoms with Crippen LogP contribution in [0.5, 0.6) is 0 Å². The van der Waals surface area contributed by atoms with E-state index in [9.17, 15) is 13.6 Å². The van der Waals surface area contributed by atoms with Gasteiger partial charge in [-0.15, -0.1) is 0 Å². The molecule has 1 aromatic heterocycles. The molecule has 25 heavy (non-hydrogen) atoms. The molecule has 0 saturated heterocycles. The number of ether oxygens (including phenoxy) is 1. The van der Waals surface area contributed by atoms with Gasteiger partial charge in [0, 0.05) is 25.3 Å². The quantitative estimate of drug-likeness (QED) is 0.723. The van der Waals surface area contributed by atoms with Crippen molar-refractivity contribution in [2.75, 3.05) is 20.3 Å². The number of rotatable bonds is 5. The number of amides is 1. The molecule has 0 aliphatic rings. The maximum Gasteiger partial charge on any atom is 0.251 e. The van der Waals surface area contributed by atoms with Crippen molar-refractivity contribution >= 4 is 16.9 Å². The number of aryl methyl sites for hydroxylation is 1. The Labute approximate surface area is 143 Å². The highest BCUT2D eigenvalue weighted by Gasteiger charge is 2.14. The predicted octanol–water partition coefficient (Wildman–Crippen LogP) is 2.99. The highest BCUT2D eigenvalue weighted by Crippen LogP contribution is 2.23. The van der Waals surface area contributed by atoms with Gasteiger partial charge in [-0.3, -0.25) is 9.36 Å². The van der Waals surface area contributed by atoms with Gasteiger partial charge in [-0.05, 0) is 37.3 Å². The van der Waals surface area contributed by atoms with E-state index < -0.39 is 11.6 Å². The molecule has 5 nitrogen and oxygen atoms in total. The summed E-state index contributed by atoms with van der Waals surface area (Å²) in [5.41, 5.74) is 2.24. The number of nitrogens with zero attached hydrogens (tertiary/aromatic N) is 2. The third kappa shape index (κ3) is 3.36. The molecular weight excluding hydrogens is 328 g/mol. The fourth-order valence-electron chi connectivity index (χ4n) is 2.66. The van der Waals surface area contributed by atoms with Gasteiger partial charge in [0.25, 0.3) is 5.91 Å². The van der Waals surface area contributed by atoms with E-state index in [1.165, 1.54) is 6.07 Å². The molecule has 0 spiro atoms. The molecule has 0 aliphatic carbocycles. The van der Waals surface area contributed by atoms with Crippen molar-refractivity contribution in [2.24, 2.45) is 0 Å². The first-order chi connectivity index (χ1) is 12.0. The van der Waals surface area contributed by atoms with Crippen molar-refractivity contribution in [2.45, 2.75) is 6.92 Å². The van der Waals surface area contributed by atoms with Crippen LogP contribution in [0, 0.1) is 18.6 Å². The zero-order valence-electron chi connectivity index (χ0n) is 13.8. The number of benzene rings is 2. The Kier molecular flexibility index (Phi) is 4.76. The fraction of sp³-hybridized carbons (Fsp3) is 0.222. The van der Waals surface area contributed by atoms with Gasteiger partial charge in [0.1, 0.15) is 5.82 Å². The summed E-state index contributed by atoms with van der Waals surface area (Å²) in [5.74, 6) is -1.44. The van der Waals surface area contributed by atoms with Gasteiger partial charge in [-0.1, -0.05) is 0 Å². The maximum atomic E-state index is 13.5. The molecule has 3 rings (SSSR count). The van der Waals surface area contributed by atoms with Gasteiger partial charge in [-0.25, -0.2) is 13.8 Å². The highest BCUT2D eigenvalue weighted by molar-refractivity contribution is 5.97. The Hall–Kier alpha value is -2.80. The average molecular weight is 345 g/mol. The van der Waals surface area contributed by atoms with E-state index in [4.69, 9.17) is 4.74 Å². The van der Waals surface area contributed by atoms with Crippen LogP contribution in [-0.2, 0) is 4.74 Å². The summed E-state index contributed by atoms with van der Waals surface area (Å²) in [6.45, 7) is 2.60. The Bertz CT molecular complexity index is 937. The average Bonchev–Trinajstić information content (AvgIpc) is 2.92. The van der Waals surface area contributed by atoms with Crippen LogP contribution >= 0.6 is 0 Å². The van der Waals surface area contributed by atoms with Gasteiger partial charge in [0.2, 0.25) is 0 Å². The van der Waals surface area contributed by atoms with E-state index in [0.29, 0.717) is 41.3 Å². The fourth-order valence-corrected chi connectivity index (χ4v) is 2.66. The minimum Gasteiger partial charge on any atom is -0.383 e. The molecule has 130 valence electrons. The lowest BCUT2D eigenvalue weighted by Gasteiger charge is -2.08. The van der Waals surface area contributed by atoms with Gasteiger partial charge in [0.05, 0.1) is 23.3 Å². The lowest BCUT2D eigenvalue weighted by Crippen LogP contribution is -2.26. The standard InChI is InChI=1S/C18H17F2N3O2/c1-11-22-16-9-12(18(24)21-7-8-25-2)3-6-17(16)23(11)13-4-5-14(19)15(20)10-13/h3-6,9-10H,7-8H2,1-2H3,(H,21,24). The van der Waals surface area contributed by atoms with E-state index in [-0.39, 0.29) is 5.91 Å². The molecule has 7 heteroatoms. The van der Waals surface area contributed by atoms with E-state index in [2.05, 4.69) is 10.3 Å². The lowest BCUT2D eigenvalue weighted by molar-refractivity contribution is 0.0937. The number of hydrogen-bond donors (Lipinski definition) is 1. The zero-order valence-corrected chi connectivity index (χ0v) is 13.8. The number of fused-ring (bicyclic) bond motifs is 1. The second-order valence-electron chi connectivity index (χ2n) is 5.55. The van der Waals surface area contributed by atoms with Crippen LogP contribution < -0.4 is 5.32 Å². The van der Waals surface area contributed by atoms with Crippen LogP contribution in [0.3, 0.4) is 0 Å². The summed E-state index contributed by atoms with van der Waals surface area (Å²) in [6.07, 6.45) is 0. The molecule has 0 bridgehead atoms. The Morgan fingerprint density at radius 2 is 2.00 bits per heavy atom. The van der Waals surface area contributed by atoms with Crippen LogP contribution in [0.2, 0.25) is 0 Å².